The summed E-state index contributed by atoms with van der Waals surface area (Å²) >= 11 is 1.62. The van der Waals surface area contributed by atoms with Gasteiger partial charge in [-0.2, -0.15) is 0 Å². The Balaban J connectivity index is 1.71. The van der Waals surface area contributed by atoms with Gasteiger partial charge in [0.2, 0.25) is 0 Å². The molecule has 3 atom stereocenters. The highest BCUT2D eigenvalue weighted by molar-refractivity contribution is 8.14. The largest absolute Gasteiger partial charge is 0.394 e. The van der Waals surface area contributed by atoms with Crippen LogP contribution in [0.5, 0.6) is 0 Å². The Morgan fingerprint density at radius 3 is 2.68 bits per heavy atom. The lowest BCUT2D eigenvalue weighted by atomic mass is 9.94. The Labute approximate surface area is 155 Å². The molecule has 0 amide bonds. The van der Waals surface area contributed by atoms with Crippen molar-refractivity contribution in [2.45, 2.75) is 50.6 Å². The molecule has 1 aliphatic carbocycles. The Morgan fingerprint density at radius 1 is 1.40 bits per heavy atom. The number of hydrogen-bond acceptors (Lipinski definition) is 5. The number of aliphatic hydroxyl groups excluding tert-OH is 1. The lowest BCUT2D eigenvalue weighted by Gasteiger charge is -2.31. The van der Waals surface area contributed by atoms with E-state index >= 15 is 0 Å². The summed E-state index contributed by atoms with van der Waals surface area (Å²) in [5.41, 5.74) is -0.722. The molecule has 2 heterocycles. The number of allylic oxidation sites excluding steroid dienone is 1. The fourth-order valence-electron chi connectivity index (χ4n) is 3.20. The van der Waals surface area contributed by atoms with Crippen LogP contribution >= 0.6 is 11.8 Å². The Hall–Kier alpha value is -0.830. The van der Waals surface area contributed by atoms with Gasteiger partial charge in [-0.15, -0.1) is 0 Å². The van der Waals surface area contributed by atoms with E-state index in [1.54, 1.807) is 11.8 Å². The third-order valence-electron chi connectivity index (χ3n) is 4.96. The first-order valence-electron chi connectivity index (χ1n) is 8.81. The van der Waals surface area contributed by atoms with Crippen molar-refractivity contribution in [3.05, 3.63) is 23.1 Å². The second kappa shape index (κ2) is 7.06. The number of rotatable bonds is 4. The van der Waals surface area contributed by atoms with Gasteiger partial charge in [0.15, 0.2) is 5.17 Å². The average Bonchev–Trinajstić information content (AvgIpc) is 2.97. The first-order valence-corrected chi connectivity index (χ1v) is 11.3. The van der Waals surface area contributed by atoms with E-state index in [1.165, 1.54) is 0 Å². The van der Waals surface area contributed by atoms with Crippen molar-refractivity contribution in [1.82, 2.24) is 9.62 Å². The predicted octanol–water partition coefficient (Wildman–Crippen LogP) is 2.48. The average molecular weight is 385 g/mol. The Bertz CT molecular complexity index is 710. The van der Waals surface area contributed by atoms with E-state index in [0.717, 1.165) is 43.3 Å². The van der Waals surface area contributed by atoms with Crippen LogP contribution in [0.2, 0.25) is 0 Å². The number of aliphatic imine (C=N–C) groups is 1. The number of amidine groups is 1. The smallest absolute Gasteiger partial charge is 0.158 e. The molecule has 0 radical (unpaired) electrons. The monoisotopic (exact) mass is 384 g/mol. The number of nitrogens with zero attached hydrogens (tertiary/aromatic N) is 2. The van der Waals surface area contributed by atoms with Gasteiger partial charge in [-0.3, -0.25) is 4.99 Å². The van der Waals surface area contributed by atoms with Crippen LogP contribution in [0.4, 0.5) is 0 Å². The maximum absolute atomic E-state index is 13.0. The first kappa shape index (κ1) is 18.9. The highest BCUT2D eigenvalue weighted by Crippen LogP contribution is 2.32. The van der Waals surface area contributed by atoms with Crippen molar-refractivity contribution in [2.75, 3.05) is 25.4 Å². The number of piperidine rings is 1. The zero-order chi connectivity index (χ0) is 18.1. The van der Waals surface area contributed by atoms with Crippen LogP contribution in [0, 0.1) is 4.78 Å². The SMILES string of the molecule is CC1(N=C2NC(C)(CO)CS2)C=CC(S(=N)(=O)N2CCCCC2)=CC1. The molecule has 0 saturated carbocycles. The highest BCUT2D eigenvalue weighted by atomic mass is 32.2. The summed E-state index contributed by atoms with van der Waals surface area (Å²) in [4.78, 5) is 5.41. The van der Waals surface area contributed by atoms with Gasteiger partial charge in [-0.25, -0.2) is 13.3 Å². The molecule has 3 N–H and O–H groups in total. The van der Waals surface area contributed by atoms with Crippen LogP contribution in [-0.2, 0) is 9.92 Å². The zero-order valence-electron chi connectivity index (χ0n) is 15.0. The Morgan fingerprint density at radius 2 is 2.12 bits per heavy atom. The molecule has 3 aliphatic rings. The van der Waals surface area contributed by atoms with Crippen LogP contribution in [0.3, 0.4) is 0 Å². The molecule has 140 valence electrons. The molecule has 8 heteroatoms. The summed E-state index contributed by atoms with van der Waals surface area (Å²) in [7, 11) is -2.88. The fraction of sp³-hybridized carbons (Fsp3) is 0.706. The maximum atomic E-state index is 13.0. The molecule has 2 saturated heterocycles. The van der Waals surface area contributed by atoms with E-state index < -0.39 is 15.5 Å². The number of nitrogens with one attached hydrogen (secondary N) is 2. The minimum Gasteiger partial charge on any atom is -0.394 e. The molecule has 2 fully saturated rings. The maximum Gasteiger partial charge on any atom is 0.158 e. The first-order chi connectivity index (χ1) is 11.8. The lowest BCUT2D eigenvalue weighted by Crippen LogP contribution is -2.44. The molecular weight excluding hydrogens is 356 g/mol. The molecule has 2 aliphatic heterocycles. The van der Waals surface area contributed by atoms with Crippen molar-refractivity contribution < 1.29 is 9.32 Å². The minimum absolute atomic E-state index is 0.0758. The van der Waals surface area contributed by atoms with Crippen LogP contribution in [0.15, 0.2) is 28.1 Å². The van der Waals surface area contributed by atoms with Gasteiger partial charge in [0.05, 0.1) is 22.6 Å². The summed E-state index contributed by atoms with van der Waals surface area (Å²) in [6.07, 6.45) is 9.53. The van der Waals surface area contributed by atoms with Gasteiger partial charge in [0.25, 0.3) is 0 Å². The number of aliphatic hydroxyl groups is 1. The van der Waals surface area contributed by atoms with Gasteiger partial charge in [0.1, 0.15) is 9.92 Å². The third-order valence-corrected chi connectivity index (χ3v) is 8.25. The van der Waals surface area contributed by atoms with Crippen molar-refractivity contribution in [3.63, 3.8) is 0 Å². The number of hydrogen-bond donors (Lipinski definition) is 3. The lowest BCUT2D eigenvalue weighted by molar-refractivity contribution is 0.212. The molecule has 0 bridgehead atoms. The topological polar surface area (TPSA) is 88.8 Å². The Kier molecular flexibility index (Phi) is 5.35. The van der Waals surface area contributed by atoms with Crippen molar-refractivity contribution in [1.29, 1.82) is 4.78 Å². The molecule has 0 aromatic carbocycles. The second-order valence-corrected chi connectivity index (χ2v) is 10.6. The third kappa shape index (κ3) is 4.13. The van der Waals surface area contributed by atoms with Gasteiger partial charge in [-0.1, -0.05) is 30.3 Å². The van der Waals surface area contributed by atoms with E-state index in [4.69, 9.17) is 9.77 Å². The molecule has 0 aromatic rings. The highest BCUT2D eigenvalue weighted by Gasteiger charge is 2.34. The van der Waals surface area contributed by atoms with Gasteiger partial charge in [0, 0.05) is 18.8 Å². The minimum atomic E-state index is -2.88. The van der Waals surface area contributed by atoms with Gasteiger partial charge < -0.3 is 10.4 Å². The summed E-state index contributed by atoms with van der Waals surface area (Å²) < 4.78 is 23.2. The van der Waals surface area contributed by atoms with Gasteiger partial charge in [-0.05, 0) is 39.2 Å². The summed E-state index contributed by atoms with van der Waals surface area (Å²) in [5, 5.41) is 13.6. The van der Waals surface area contributed by atoms with Crippen LogP contribution in [-0.4, -0.2) is 55.3 Å². The second-order valence-electron chi connectivity index (χ2n) is 7.57. The molecule has 0 aromatic heterocycles. The fourth-order valence-corrected chi connectivity index (χ4v) is 6.04. The molecule has 25 heavy (non-hydrogen) atoms. The molecule has 0 spiro atoms. The van der Waals surface area contributed by atoms with E-state index in [-0.39, 0.29) is 12.1 Å². The van der Waals surface area contributed by atoms with Crippen LogP contribution in [0.1, 0.15) is 39.5 Å². The molecular formula is C17H28N4O2S2. The van der Waals surface area contributed by atoms with Gasteiger partial charge >= 0.3 is 0 Å². The van der Waals surface area contributed by atoms with E-state index in [0.29, 0.717) is 11.3 Å². The zero-order valence-corrected chi connectivity index (χ0v) is 16.6. The van der Waals surface area contributed by atoms with Crippen LogP contribution < -0.4 is 5.32 Å². The summed E-state index contributed by atoms with van der Waals surface area (Å²) in [6, 6.07) is 0. The van der Waals surface area contributed by atoms with Crippen molar-refractivity contribution >= 4 is 26.8 Å². The van der Waals surface area contributed by atoms with Crippen molar-refractivity contribution in [3.8, 4) is 0 Å². The molecule has 6 nitrogen and oxygen atoms in total. The quantitative estimate of drug-likeness (QED) is 0.695. The molecule has 3 rings (SSSR count). The predicted molar refractivity (Wildman–Crippen MR) is 105 cm³/mol. The summed E-state index contributed by atoms with van der Waals surface area (Å²) in [5.74, 6) is 0.790. The van der Waals surface area contributed by atoms with E-state index in [9.17, 15) is 9.32 Å². The number of thioether (sulfide) groups is 1. The molecule has 3 unspecified atom stereocenters. The van der Waals surface area contributed by atoms with Crippen molar-refractivity contribution in [2.24, 2.45) is 4.99 Å². The standard InChI is InChI=1S/C17H28N4O2S2/c1-16(19-15-20-17(2,12-22)13-24-15)8-6-14(7-9-16)25(18,23)21-10-4-3-5-11-21/h6-8,18,22H,3-5,9-13H2,1-2H3,(H,19,20). The normalized spacial score (nSPS) is 37.6. The summed E-state index contributed by atoms with van der Waals surface area (Å²) in [6.45, 7) is 5.58. The van der Waals surface area contributed by atoms with E-state index in [1.807, 2.05) is 36.4 Å². The van der Waals surface area contributed by atoms with Crippen LogP contribution in [0.25, 0.3) is 0 Å². The van der Waals surface area contributed by atoms with E-state index in [2.05, 4.69) is 5.32 Å².